The molecule has 0 aliphatic rings. The molecule has 6 heteroatoms. The summed E-state index contributed by atoms with van der Waals surface area (Å²) in [5, 5.41) is 17.7. The average molecular weight is 217 g/mol. The highest BCUT2D eigenvalue weighted by Crippen LogP contribution is 2.17. The maximum absolute atomic E-state index is 10.5. The number of carboxylic acid groups (broad SMARTS) is 1. The zero-order chi connectivity index (χ0) is 10.7. The van der Waals surface area contributed by atoms with Crippen LogP contribution in [0.5, 0.6) is 0 Å². The number of aliphatic hydroxyl groups excluding tert-OH is 1. The maximum atomic E-state index is 10.5. The first-order chi connectivity index (χ1) is 6.56. The SMILES string of the molecule is N[C@@H](C(=O)O)c1ccc(Cl)c(CO)n1. The minimum Gasteiger partial charge on any atom is -0.480 e. The number of hydrogen-bond acceptors (Lipinski definition) is 4. The Bertz CT molecular complexity index is 356. The number of hydrogen-bond donors (Lipinski definition) is 3. The summed E-state index contributed by atoms with van der Waals surface area (Å²) in [5.74, 6) is -1.18. The summed E-state index contributed by atoms with van der Waals surface area (Å²) in [5.41, 5.74) is 5.72. The lowest BCUT2D eigenvalue weighted by atomic mass is 10.2. The normalized spacial score (nSPS) is 12.5. The smallest absolute Gasteiger partial charge is 0.326 e. The van der Waals surface area contributed by atoms with Gasteiger partial charge in [0.1, 0.15) is 6.04 Å². The van der Waals surface area contributed by atoms with Gasteiger partial charge in [-0.15, -0.1) is 0 Å². The molecule has 76 valence electrons. The van der Waals surface area contributed by atoms with Gasteiger partial charge < -0.3 is 15.9 Å². The molecular weight excluding hydrogens is 208 g/mol. The molecule has 14 heavy (non-hydrogen) atoms. The van der Waals surface area contributed by atoms with Crippen molar-refractivity contribution in [3.8, 4) is 0 Å². The molecule has 0 aliphatic heterocycles. The van der Waals surface area contributed by atoms with Gasteiger partial charge in [-0.1, -0.05) is 11.6 Å². The Hall–Kier alpha value is -1.17. The topological polar surface area (TPSA) is 96.4 Å². The Morgan fingerprint density at radius 2 is 2.29 bits per heavy atom. The van der Waals surface area contributed by atoms with E-state index in [1.807, 2.05) is 0 Å². The van der Waals surface area contributed by atoms with Crippen molar-refractivity contribution in [3.63, 3.8) is 0 Å². The lowest BCUT2D eigenvalue weighted by molar-refractivity contribution is -0.138. The van der Waals surface area contributed by atoms with Crippen molar-refractivity contribution in [3.05, 3.63) is 28.5 Å². The quantitative estimate of drug-likeness (QED) is 0.676. The predicted octanol–water partition coefficient (Wildman–Crippen LogP) is 0.312. The van der Waals surface area contributed by atoms with E-state index in [9.17, 15) is 4.79 Å². The number of aromatic nitrogens is 1. The Morgan fingerprint density at radius 3 is 2.79 bits per heavy atom. The molecule has 0 amide bonds. The second-order valence-electron chi connectivity index (χ2n) is 2.64. The number of carboxylic acids is 1. The molecule has 0 spiro atoms. The van der Waals surface area contributed by atoms with Gasteiger partial charge in [0, 0.05) is 0 Å². The van der Waals surface area contributed by atoms with Gasteiger partial charge in [-0.05, 0) is 12.1 Å². The Balaban J connectivity index is 3.06. The molecule has 0 unspecified atom stereocenters. The fourth-order valence-electron chi connectivity index (χ4n) is 0.912. The third kappa shape index (κ3) is 2.20. The first-order valence-corrected chi connectivity index (χ1v) is 4.18. The molecular formula is C8H9ClN2O3. The fraction of sp³-hybridized carbons (Fsp3) is 0.250. The summed E-state index contributed by atoms with van der Waals surface area (Å²) in [6.07, 6.45) is 0. The zero-order valence-corrected chi connectivity index (χ0v) is 7.90. The van der Waals surface area contributed by atoms with Gasteiger partial charge in [-0.25, -0.2) is 0 Å². The van der Waals surface area contributed by atoms with Crippen LogP contribution in [0, 0.1) is 0 Å². The number of halogens is 1. The van der Waals surface area contributed by atoms with Crippen molar-refractivity contribution in [2.24, 2.45) is 5.73 Å². The van der Waals surface area contributed by atoms with Crippen molar-refractivity contribution in [1.29, 1.82) is 0 Å². The highest BCUT2D eigenvalue weighted by atomic mass is 35.5. The number of nitrogens with two attached hydrogens (primary N) is 1. The van der Waals surface area contributed by atoms with E-state index in [4.69, 9.17) is 27.5 Å². The summed E-state index contributed by atoms with van der Waals surface area (Å²) in [7, 11) is 0. The minimum absolute atomic E-state index is 0.172. The lowest BCUT2D eigenvalue weighted by Crippen LogP contribution is -2.22. The lowest BCUT2D eigenvalue weighted by Gasteiger charge is -2.07. The van der Waals surface area contributed by atoms with E-state index in [1.54, 1.807) is 0 Å². The molecule has 1 aromatic heterocycles. The van der Waals surface area contributed by atoms with E-state index < -0.39 is 12.0 Å². The van der Waals surface area contributed by atoms with Gasteiger partial charge in [-0.2, -0.15) is 0 Å². The molecule has 1 rings (SSSR count). The maximum Gasteiger partial charge on any atom is 0.326 e. The van der Waals surface area contributed by atoms with Gasteiger partial charge in [0.05, 0.1) is 23.0 Å². The Kier molecular flexibility index (Phi) is 3.40. The molecule has 0 saturated heterocycles. The first-order valence-electron chi connectivity index (χ1n) is 3.81. The third-order valence-electron chi connectivity index (χ3n) is 1.67. The number of aliphatic carboxylic acids is 1. The highest BCUT2D eigenvalue weighted by Gasteiger charge is 2.16. The van der Waals surface area contributed by atoms with Gasteiger partial charge in [0.15, 0.2) is 0 Å². The van der Waals surface area contributed by atoms with E-state index in [1.165, 1.54) is 12.1 Å². The van der Waals surface area contributed by atoms with E-state index >= 15 is 0 Å². The number of nitrogens with zero attached hydrogens (tertiary/aromatic N) is 1. The van der Waals surface area contributed by atoms with E-state index in [-0.39, 0.29) is 23.0 Å². The van der Waals surface area contributed by atoms with Crippen LogP contribution in [-0.2, 0) is 11.4 Å². The molecule has 0 aliphatic carbocycles. The molecule has 0 bridgehead atoms. The predicted molar refractivity (Wildman–Crippen MR) is 49.7 cm³/mol. The van der Waals surface area contributed by atoms with Crippen LogP contribution in [0.4, 0.5) is 0 Å². The second-order valence-corrected chi connectivity index (χ2v) is 3.05. The molecule has 0 radical (unpaired) electrons. The molecule has 0 fully saturated rings. The summed E-state index contributed by atoms with van der Waals surface area (Å²) >= 11 is 5.67. The van der Waals surface area contributed by atoms with Crippen LogP contribution >= 0.6 is 11.6 Å². The molecule has 5 nitrogen and oxygen atoms in total. The van der Waals surface area contributed by atoms with Crippen LogP contribution in [0.2, 0.25) is 5.02 Å². The van der Waals surface area contributed by atoms with E-state index in [0.29, 0.717) is 0 Å². The van der Waals surface area contributed by atoms with Gasteiger partial charge >= 0.3 is 5.97 Å². The van der Waals surface area contributed by atoms with Crippen molar-refractivity contribution < 1.29 is 15.0 Å². The van der Waals surface area contributed by atoms with E-state index in [0.717, 1.165) is 0 Å². The molecule has 1 aromatic rings. The minimum atomic E-state index is -1.20. The van der Waals surface area contributed by atoms with Crippen molar-refractivity contribution >= 4 is 17.6 Å². The van der Waals surface area contributed by atoms with Crippen molar-refractivity contribution in [2.45, 2.75) is 12.6 Å². The van der Waals surface area contributed by atoms with Crippen molar-refractivity contribution in [1.82, 2.24) is 4.98 Å². The van der Waals surface area contributed by atoms with Crippen LogP contribution in [-0.4, -0.2) is 21.2 Å². The summed E-state index contributed by atoms with van der Waals surface area (Å²) < 4.78 is 0. The highest BCUT2D eigenvalue weighted by molar-refractivity contribution is 6.31. The summed E-state index contributed by atoms with van der Waals surface area (Å²) in [4.78, 5) is 14.3. The van der Waals surface area contributed by atoms with Gasteiger partial charge in [0.2, 0.25) is 0 Å². The molecule has 0 saturated carbocycles. The number of carbonyl (C=O) groups is 1. The van der Waals surface area contributed by atoms with Gasteiger partial charge in [0.25, 0.3) is 0 Å². The van der Waals surface area contributed by atoms with Crippen LogP contribution in [0.1, 0.15) is 17.4 Å². The van der Waals surface area contributed by atoms with Gasteiger partial charge in [-0.3, -0.25) is 9.78 Å². The number of aliphatic hydroxyl groups is 1. The zero-order valence-electron chi connectivity index (χ0n) is 7.14. The first kappa shape index (κ1) is 10.9. The van der Waals surface area contributed by atoms with E-state index in [2.05, 4.69) is 4.98 Å². The van der Waals surface area contributed by atoms with Crippen LogP contribution < -0.4 is 5.73 Å². The summed E-state index contributed by atoms with van der Waals surface area (Å²) in [6.45, 7) is -0.348. The van der Waals surface area contributed by atoms with Crippen LogP contribution in [0.3, 0.4) is 0 Å². The second kappa shape index (κ2) is 4.36. The monoisotopic (exact) mass is 216 g/mol. The van der Waals surface area contributed by atoms with Crippen LogP contribution in [0.15, 0.2) is 12.1 Å². The van der Waals surface area contributed by atoms with Crippen LogP contribution in [0.25, 0.3) is 0 Å². The fourth-order valence-corrected chi connectivity index (χ4v) is 1.08. The number of pyridine rings is 1. The standard InChI is InChI=1S/C8H9ClN2O3/c9-4-1-2-5(7(10)8(13)14)11-6(4)3-12/h1-2,7,12H,3,10H2,(H,13,14)/t7-/m1/s1. The largest absolute Gasteiger partial charge is 0.480 e. The molecule has 0 aromatic carbocycles. The molecule has 1 atom stereocenters. The third-order valence-corrected chi connectivity index (χ3v) is 2.02. The Morgan fingerprint density at radius 1 is 1.64 bits per heavy atom. The molecule has 1 heterocycles. The Labute approximate surface area is 85.1 Å². The molecule has 4 N–H and O–H groups in total. The summed E-state index contributed by atoms with van der Waals surface area (Å²) in [6, 6.07) is 1.68. The number of rotatable bonds is 3. The van der Waals surface area contributed by atoms with Crippen molar-refractivity contribution in [2.75, 3.05) is 0 Å². The average Bonchev–Trinajstić information content (AvgIpc) is 2.17.